The molecule has 3 aliphatic rings. The largest absolute Gasteiger partial charge is 0.431 e. The van der Waals surface area contributed by atoms with Crippen LogP contribution in [0.4, 0.5) is 8.78 Å². The topological polar surface area (TPSA) is 27.7 Å². The van der Waals surface area contributed by atoms with Gasteiger partial charge in [-0.25, -0.2) is 0 Å². The predicted molar refractivity (Wildman–Crippen MR) is 145 cm³/mol. The Hall–Kier alpha value is -1.46. The molecule has 208 valence electrons. The van der Waals surface area contributed by atoms with Crippen LogP contribution in [0.1, 0.15) is 108 Å². The Morgan fingerprint density at radius 2 is 1.38 bits per heavy atom. The molecule has 1 aromatic carbocycles. The van der Waals surface area contributed by atoms with Gasteiger partial charge in [-0.15, -0.1) is 6.58 Å². The molecule has 0 atom stereocenters. The average Bonchev–Trinajstić information content (AvgIpc) is 2.92. The van der Waals surface area contributed by atoms with E-state index in [1.807, 2.05) is 25.1 Å². The van der Waals surface area contributed by atoms with Crippen LogP contribution in [0.15, 0.2) is 36.9 Å². The molecule has 3 saturated carbocycles. The molecule has 0 unspecified atom stereocenters. The maximum atomic E-state index is 14.6. The summed E-state index contributed by atoms with van der Waals surface area (Å²) in [6, 6.07) is 7.22. The minimum atomic E-state index is -3.32. The van der Waals surface area contributed by atoms with Crippen molar-refractivity contribution >= 4 is 0 Å². The van der Waals surface area contributed by atoms with Gasteiger partial charge in [0.25, 0.3) is 0 Å². The number of benzene rings is 1. The van der Waals surface area contributed by atoms with Crippen LogP contribution >= 0.6 is 0 Å². The molecule has 0 heterocycles. The molecule has 0 spiro atoms. The highest BCUT2D eigenvalue weighted by molar-refractivity contribution is 5.30. The third-order valence-electron chi connectivity index (χ3n) is 9.24. The van der Waals surface area contributed by atoms with E-state index in [9.17, 15) is 8.78 Å². The van der Waals surface area contributed by atoms with Crippen molar-refractivity contribution < 1.29 is 23.0 Å². The molecule has 0 aromatic heterocycles. The van der Waals surface area contributed by atoms with Crippen LogP contribution in [0, 0.1) is 17.8 Å². The van der Waals surface area contributed by atoms with Crippen molar-refractivity contribution in [2.75, 3.05) is 13.2 Å². The summed E-state index contributed by atoms with van der Waals surface area (Å²) in [5, 5.41) is 0. The fourth-order valence-electron chi connectivity index (χ4n) is 7.05. The van der Waals surface area contributed by atoms with Crippen LogP contribution in [0.2, 0.25) is 0 Å². The van der Waals surface area contributed by atoms with Crippen molar-refractivity contribution in [3.8, 4) is 5.75 Å². The zero-order valence-electron chi connectivity index (χ0n) is 22.9. The van der Waals surface area contributed by atoms with Gasteiger partial charge in [0.05, 0.1) is 12.2 Å². The molecule has 1 aromatic rings. The lowest BCUT2D eigenvalue weighted by Gasteiger charge is -2.38. The number of alkyl halides is 2. The van der Waals surface area contributed by atoms with Crippen molar-refractivity contribution in [1.29, 1.82) is 0 Å². The van der Waals surface area contributed by atoms with Gasteiger partial charge >= 0.3 is 6.11 Å². The van der Waals surface area contributed by atoms with Gasteiger partial charge in [-0.3, -0.25) is 0 Å². The lowest BCUT2D eigenvalue weighted by Crippen LogP contribution is -2.35. The number of ether oxygens (including phenoxy) is 3. The molecule has 3 aliphatic carbocycles. The predicted octanol–water partition coefficient (Wildman–Crippen LogP) is 9.07. The van der Waals surface area contributed by atoms with Gasteiger partial charge in [-0.1, -0.05) is 31.1 Å². The normalized spacial score (nSPS) is 31.1. The Balaban J connectivity index is 1.14. The Bertz CT molecular complexity index is 787. The second-order valence-electron chi connectivity index (χ2n) is 11.7. The van der Waals surface area contributed by atoms with Crippen molar-refractivity contribution in [3.63, 3.8) is 0 Å². The number of halogens is 2. The van der Waals surface area contributed by atoms with E-state index in [0.717, 1.165) is 82.1 Å². The van der Waals surface area contributed by atoms with E-state index >= 15 is 0 Å². The van der Waals surface area contributed by atoms with E-state index < -0.39 is 12.7 Å². The highest BCUT2D eigenvalue weighted by Crippen LogP contribution is 2.42. The van der Waals surface area contributed by atoms with Gasteiger partial charge in [0.1, 0.15) is 5.75 Å². The summed E-state index contributed by atoms with van der Waals surface area (Å²) in [6.07, 6.45) is 15.0. The summed E-state index contributed by atoms with van der Waals surface area (Å²) < 4.78 is 45.6. The molecule has 3 nitrogen and oxygen atoms in total. The first kappa shape index (κ1) is 28.5. The van der Waals surface area contributed by atoms with Crippen molar-refractivity contribution in [3.05, 3.63) is 42.5 Å². The Kier molecular flexibility index (Phi) is 10.9. The van der Waals surface area contributed by atoms with Crippen molar-refractivity contribution in [2.45, 2.75) is 121 Å². The number of allylic oxidation sites excluding steroid dienone is 1. The molecular weight excluding hydrogens is 470 g/mol. The number of hydrogen-bond donors (Lipinski definition) is 0. The maximum absolute atomic E-state index is 14.6. The van der Waals surface area contributed by atoms with E-state index in [1.165, 1.54) is 37.7 Å². The average molecular weight is 519 g/mol. The molecule has 3 fully saturated rings. The maximum Gasteiger partial charge on any atom is 0.421 e. The first-order chi connectivity index (χ1) is 18.0. The van der Waals surface area contributed by atoms with E-state index in [1.54, 1.807) is 12.1 Å². The molecule has 0 amide bonds. The summed E-state index contributed by atoms with van der Waals surface area (Å²) in [7, 11) is 0. The fraction of sp³-hybridized carbons (Fsp3) is 0.750. The molecule has 4 rings (SSSR count). The zero-order valence-corrected chi connectivity index (χ0v) is 22.9. The van der Waals surface area contributed by atoms with Gasteiger partial charge in [-0.2, -0.15) is 8.78 Å². The lowest BCUT2D eigenvalue weighted by molar-refractivity contribution is -0.222. The van der Waals surface area contributed by atoms with Gasteiger partial charge in [0.2, 0.25) is 0 Å². The van der Waals surface area contributed by atoms with Crippen LogP contribution in [0.5, 0.6) is 5.75 Å². The van der Waals surface area contributed by atoms with Crippen molar-refractivity contribution in [2.24, 2.45) is 17.8 Å². The first-order valence-electron chi connectivity index (χ1n) is 15.0. The van der Waals surface area contributed by atoms with E-state index in [2.05, 4.69) is 6.58 Å². The quantitative estimate of drug-likeness (QED) is 0.258. The van der Waals surface area contributed by atoms with Gasteiger partial charge < -0.3 is 14.2 Å². The summed E-state index contributed by atoms with van der Waals surface area (Å²) in [4.78, 5) is 0. The van der Waals surface area contributed by atoms with Crippen LogP contribution in [0.3, 0.4) is 0 Å². The SMILES string of the molecule is C=CCCC1CCC(C2CCC(OCC(F)(F)Oc3ccc(C4CCC(OCC)CC4)cc3)CC2)CC1. The molecular formula is C32H48F2O3. The van der Waals surface area contributed by atoms with E-state index in [0.29, 0.717) is 12.0 Å². The van der Waals surface area contributed by atoms with E-state index in [4.69, 9.17) is 14.2 Å². The molecule has 0 aliphatic heterocycles. The highest BCUT2D eigenvalue weighted by Gasteiger charge is 2.36. The highest BCUT2D eigenvalue weighted by atomic mass is 19.3. The summed E-state index contributed by atoms with van der Waals surface area (Å²) in [5.74, 6) is 3.09. The molecule has 5 heteroatoms. The van der Waals surface area contributed by atoms with Crippen molar-refractivity contribution in [1.82, 2.24) is 0 Å². The van der Waals surface area contributed by atoms with Gasteiger partial charge in [0, 0.05) is 6.61 Å². The summed E-state index contributed by atoms with van der Waals surface area (Å²) in [5.41, 5.74) is 1.20. The fourth-order valence-corrected chi connectivity index (χ4v) is 7.05. The monoisotopic (exact) mass is 518 g/mol. The molecule has 0 bridgehead atoms. The standard InChI is InChI=1S/C32H48F2O3/c1-3-5-6-24-7-9-25(10-8-24)26-13-19-30(20-14-26)36-23-32(33,34)37-31-21-15-28(16-22-31)27-11-17-29(18-12-27)35-4-2/h3,15-16,21-22,24-27,29-30H,1,4-14,17-20,23H2,2H3. The van der Waals surface area contributed by atoms with Crippen LogP contribution in [-0.2, 0) is 9.47 Å². The van der Waals surface area contributed by atoms with Crippen LogP contribution in [-0.4, -0.2) is 31.5 Å². The van der Waals surface area contributed by atoms with Gasteiger partial charge in [0.15, 0.2) is 6.61 Å². The second kappa shape index (κ2) is 14.1. The minimum Gasteiger partial charge on any atom is -0.431 e. The molecule has 0 radical (unpaired) electrons. The summed E-state index contributed by atoms with van der Waals surface area (Å²) in [6.45, 7) is 5.97. The third-order valence-corrected chi connectivity index (χ3v) is 9.24. The van der Waals surface area contributed by atoms with Crippen LogP contribution < -0.4 is 4.74 Å². The van der Waals surface area contributed by atoms with E-state index in [-0.39, 0.29) is 11.9 Å². The smallest absolute Gasteiger partial charge is 0.421 e. The molecule has 0 saturated heterocycles. The Morgan fingerprint density at radius 3 is 1.97 bits per heavy atom. The zero-order chi connectivity index (χ0) is 26.1. The second-order valence-corrected chi connectivity index (χ2v) is 11.7. The van der Waals surface area contributed by atoms with Crippen LogP contribution in [0.25, 0.3) is 0 Å². The Morgan fingerprint density at radius 1 is 0.811 bits per heavy atom. The first-order valence-corrected chi connectivity index (χ1v) is 15.0. The lowest BCUT2D eigenvalue weighted by atomic mass is 9.70. The number of rotatable bonds is 12. The third kappa shape index (κ3) is 8.78. The van der Waals surface area contributed by atoms with Gasteiger partial charge in [-0.05, 0) is 125 Å². The number of hydrogen-bond acceptors (Lipinski definition) is 3. The molecule has 0 N–H and O–H groups in total. The minimum absolute atomic E-state index is 0.0798. The summed E-state index contributed by atoms with van der Waals surface area (Å²) >= 11 is 0. The molecule has 37 heavy (non-hydrogen) atoms. The Labute approximate surface area is 223 Å².